The first-order valence-electron chi connectivity index (χ1n) is 7.36. The first-order valence-corrected chi connectivity index (χ1v) is 7.36. The summed E-state index contributed by atoms with van der Waals surface area (Å²) < 4.78 is 5.21. The second-order valence-electron chi connectivity index (χ2n) is 5.26. The van der Waals surface area contributed by atoms with Crippen molar-refractivity contribution in [3.8, 4) is 0 Å². The number of guanidine groups is 1. The minimum atomic E-state index is 0. The van der Waals surface area contributed by atoms with Crippen LogP contribution in [0.4, 0.5) is 0 Å². The second kappa shape index (κ2) is 10.8. The van der Waals surface area contributed by atoms with Crippen LogP contribution in [0.1, 0.15) is 58.2 Å². The molecule has 0 aromatic carbocycles. The van der Waals surface area contributed by atoms with Gasteiger partial charge in [-0.3, -0.25) is 4.99 Å². The average molecular weight is 409 g/mol. The van der Waals surface area contributed by atoms with Crippen LogP contribution in [0.3, 0.4) is 0 Å². The van der Waals surface area contributed by atoms with Crippen LogP contribution in [0, 0.1) is 0 Å². The number of halogens is 1. The van der Waals surface area contributed by atoms with Crippen molar-refractivity contribution in [2.24, 2.45) is 4.99 Å². The molecule has 7 heteroatoms. The highest BCUT2D eigenvalue weighted by atomic mass is 127. The van der Waals surface area contributed by atoms with Gasteiger partial charge in [0.15, 0.2) is 11.8 Å². The number of hydrogen-bond donors (Lipinski definition) is 2. The minimum Gasteiger partial charge on any atom is -0.356 e. The van der Waals surface area contributed by atoms with Crippen LogP contribution in [-0.2, 0) is 6.42 Å². The molecule has 1 heterocycles. The van der Waals surface area contributed by atoms with Crippen molar-refractivity contribution in [3.05, 3.63) is 11.7 Å². The van der Waals surface area contributed by atoms with Crippen molar-refractivity contribution < 1.29 is 4.52 Å². The summed E-state index contributed by atoms with van der Waals surface area (Å²) in [4.78, 5) is 8.55. The molecule has 0 saturated heterocycles. The molecule has 0 amide bonds. The van der Waals surface area contributed by atoms with Crippen LogP contribution in [0.15, 0.2) is 9.52 Å². The van der Waals surface area contributed by atoms with Gasteiger partial charge in [-0.2, -0.15) is 4.98 Å². The Morgan fingerprint density at radius 2 is 2.05 bits per heavy atom. The fraction of sp³-hybridized carbons (Fsp3) is 0.786. The van der Waals surface area contributed by atoms with Gasteiger partial charge in [-0.05, 0) is 19.8 Å². The molecule has 0 fully saturated rings. The number of nitrogens with one attached hydrogen (secondary N) is 2. The van der Waals surface area contributed by atoms with E-state index < -0.39 is 0 Å². The lowest BCUT2D eigenvalue weighted by atomic mass is 10.2. The summed E-state index contributed by atoms with van der Waals surface area (Å²) in [6.07, 6.45) is 2.79. The summed E-state index contributed by atoms with van der Waals surface area (Å²) in [5, 5.41) is 10.6. The van der Waals surface area contributed by atoms with E-state index >= 15 is 0 Å². The Balaban J connectivity index is 0.00000400. The first kappa shape index (κ1) is 20.1. The zero-order chi connectivity index (χ0) is 15.0. The van der Waals surface area contributed by atoms with Gasteiger partial charge in [0.2, 0.25) is 5.89 Å². The maximum atomic E-state index is 5.21. The van der Waals surface area contributed by atoms with Crippen molar-refractivity contribution >= 4 is 29.9 Å². The van der Waals surface area contributed by atoms with Crippen LogP contribution in [-0.4, -0.2) is 35.7 Å². The Kier molecular flexibility index (Phi) is 10.4. The number of nitrogens with zero attached hydrogens (tertiary/aromatic N) is 3. The van der Waals surface area contributed by atoms with Gasteiger partial charge in [-0.1, -0.05) is 25.9 Å². The zero-order valence-corrected chi connectivity index (χ0v) is 16.0. The van der Waals surface area contributed by atoms with E-state index in [0.29, 0.717) is 17.9 Å². The molecular formula is C14H28IN5O. The van der Waals surface area contributed by atoms with Gasteiger partial charge >= 0.3 is 0 Å². The molecular weight excluding hydrogens is 381 g/mol. The van der Waals surface area contributed by atoms with E-state index in [1.165, 1.54) is 0 Å². The maximum absolute atomic E-state index is 5.21. The van der Waals surface area contributed by atoms with Crippen molar-refractivity contribution in [1.29, 1.82) is 0 Å². The van der Waals surface area contributed by atoms with Gasteiger partial charge in [0.25, 0.3) is 0 Å². The van der Waals surface area contributed by atoms with Gasteiger partial charge < -0.3 is 15.2 Å². The van der Waals surface area contributed by atoms with Crippen LogP contribution >= 0.6 is 24.0 Å². The van der Waals surface area contributed by atoms with Crippen molar-refractivity contribution in [2.45, 2.75) is 58.9 Å². The van der Waals surface area contributed by atoms with Crippen LogP contribution in [0.2, 0.25) is 0 Å². The summed E-state index contributed by atoms with van der Waals surface area (Å²) >= 11 is 0. The summed E-state index contributed by atoms with van der Waals surface area (Å²) in [5.41, 5.74) is 0. The Bertz CT molecular complexity index is 419. The predicted octanol–water partition coefficient (Wildman–Crippen LogP) is 2.71. The van der Waals surface area contributed by atoms with Gasteiger partial charge in [-0.25, -0.2) is 0 Å². The molecule has 0 aliphatic carbocycles. The van der Waals surface area contributed by atoms with E-state index in [4.69, 9.17) is 4.52 Å². The highest BCUT2D eigenvalue weighted by Crippen LogP contribution is 2.10. The van der Waals surface area contributed by atoms with Gasteiger partial charge in [0, 0.05) is 32.0 Å². The molecule has 1 unspecified atom stereocenters. The number of aromatic nitrogens is 2. The zero-order valence-electron chi connectivity index (χ0n) is 13.6. The molecule has 1 rings (SSSR count). The molecule has 0 spiro atoms. The van der Waals surface area contributed by atoms with Crippen LogP contribution < -0.4 is 10.6 Å². The monoisotopic (exact) mass is 409 g/mol. The van der Waals surface area contributed by atoms with Crippen molar-refractivity contribution in [1.82, 2.24) is 20.8 Å². The molecule has 0 aliphatic rings. The lowest BCUT2D eigenvalue weighted by Crippen LogP contribution is -2.42. The SMILES string of the molecule is CCC(C)NC(=NC)NCCCc1nc(C(C)C)no1.I. The smallest absolute Gasteiger partial charge is 0.226 e. The molecule has 6 nitrogen and oxygen atoms in total. The van der Waals surface area contributed by atoms with E-state index in [0.717, 1.165) is 37.6 Å². The lowest BCUT2D eigenvalue weighted by molar-refractivity contribution is 0.368. The Morgan fingerprint density at radius 3 is 2.57 bits per heavy atom. The standard InChI is InChI=1S/C14H27N5O.HI/c1-6-11(4)17-14(15-5)16-9-7-8-12-18-13(10(2)3)19-20-12;/h10-11H,6-9H2,1-5H3,(H2,15,16,17);1H. The quantitative estimate of drug-likeness (QED) is 0.314. The third-order valence-corrected chi connectivity index (χ3v) is 3.08. The second-order valence-corrected chi connectivity index (χ2v) is 5.26. The van der Waals surface area contributed by atoms with Gasteiger partial charge in [0.05, 0.1) is 0 Å². The molecule has 0 saturated carbocycles. The topological polar surface area (TPSA) is 75.3 Å². The molecule has 0 radical (unpaired) electrons. The third kappa shape index (κ3) is 7.63. The fourth-order valence-corrected chi connectivity index (χ4v) is 1.58. The summed E-state index contributed by atoms with van der Waals surface area (Å²) in [7, 11) is 1.78. The van der Waals surface area contributed by atoms with Gasteiger partial charge in [-0.15, -0.1) is 24.0 Å². The minimum absolute atomic E-state index is 0. The number of aryl methyl sites for hydroxylation is 1. The summed E-state index contributed by atoms with van der Waals surface area (Å²) in [6.45, 7) is 9.22. The van der Waals surface area contributed by atoms with E-state index in [9.17, 15) is 0 Å². The molecule has 0 bridgehead atoms. The Labute approximate surface area is 144 Å². The predicted molar refractivity (Wildman–Crippen MR) is 96.4 cm³/mol. The molecule has 2 N–H and O–H groups in total. The molecule has 1 aromatic rings. The number of hydrogen-bond acceptors (Lipinski definition) is 4. The first-order chi connectivity index (χ1) is 9.56. The highest BCUT2D eigenvalue weighted by molar-refractivity contribution is 14.0. The highest BCUT2D eigenvalue weighted by Gasteiger charge is 2.09. The molecule has 1 aromatic heterocycles. The molecule has 21 heavy (non-hydrogen) atoms. The lowest BCUT2D eigenvalue weighted by Gasteiger charge is -2.16. The Morgan fingerprint density at radius 1 is 1.33 bits per heavy atom. The maximum Gasteiger partial charge on any atom is 0.226 e. The van der Waals surface area contributed by atoms with E-state index in [1.807, 2.05) is 0 Å². The summed E-state index contributed by atoms with van der Waals surface area (Å²) in [6, 6.07) is 0.422. The molecule has 1 atom stereocenters. The van der Waals surface area contributed by atoms with Crippen LogP contribution in [0.5, 0.6) is 0 Å². The van der Waals surface area contributed by atoms with E-state index in [2.05, 4.69) is 53.5 Å². The third-order valence-electron chi connectivity index (χ3n) is 3.08. The normalized spacial score (nSPS) is 13.0. The van der Waals surface area contributed by atoms with E-state index in [-0.39, 0.29) is 24.0 Å². The number of rotatable bonds is 7. The Hall–Kier alpha value is -0.860. The van der Waals surface area contributed by atoms with Crippen LogP contribution in [0.25, 0.3) is 0 Å². The average Bonchev–Trinajstić information content (AvgIpc) is 2.90. The summed E-state index contributed by atoms with van der Waals surface area (Å²) in [5.74, 6) is 2.64. The van der Waals surface area contributed by atoms with Crippen molar-refractivity contribution in [3.63, 3.8) is 0 Å². The number of aliphatic imine (C=N–C) groups is 1. The molecule has 0 aliphatic heterocycles. The fourth-order valence-electron chi connectivity index (χ4n) is 1.58. The largest absolute Gasteiger partial charge is 0.356 e. The van der Waals surface area contributed by atoms with E-state index in [1.54, 1.807) is 7.05 Å². The molecule has 122 valence electrons. The van der Waals surface area contributed by atoms with Gasteiger partial charge in [0.1, 0.15) is 0 Å². The van der Waals surface area contributed by atoms with Crippen molar-refractivity contribution in [2.75, 3.05) is 13.6 Å².